The van der Waals surface area contributed by atoms with E-state index in [1.807, 2.05) is 19.3 Å². The van der Waals surface area contributed by atoms with Crippen LogP contribution in [0.4, 0.5) is 0 Å². The van der Waals surface area contributed by atoms with Gasteiger partial charge in [0, 0.05) is 12.2 Å². The zero-order valence-electron chi connectivity index (χ0n) is 9.53. The minimum Gasteiger partial charge on any atom is -0.495 e. The van der Waals surface area contributed by atoms with Gasteiger partial charge in [0.25, 0.3) is 0 Å². The van der Waals surface area contributed by atoms with Crippen LogP contribution in [0.5, 0.6) is 5.75 Å². The molecule has 0 amide bonds. The summed E-state index contributed by atoms with van der Waals surface area (Å²) in [7, 11) is 3.61. The molecule has 1 aromatic rings. The number of methoxy groups -OCH3 is 1. The van der Waals surface area contributed by atoms with Gasteiger partial charge < -0.3 is 10.1 Å². The van der Waals surface area contributed by atoms with E-state index < -0.39 is 0 Å². The summed E-state index contributed by atoms with van der Waals surface area (Å²) in [6.07, 6.45) is 8.73. The van der Waals surface area contributed by atoms with Crippen LogP contribution < -0.4 is 10.1 Å². The Morgan fingerprint density at radius 3 is 3.00 bits per heavy atom. The lowest BCUT2D eigenvalue weighted by molar-refractivity contribution is 0.413. The largest absolute Gasteiger partial charge is 0.495 e. The number of rotatable bonds is 5. The molecule has 3 nitrogen and oxygen atoms in total. The first-order valence-corrected chi connectivity index (χ1v) is 5.09. The maximum absolute atomic E-state index is 5.09. The van der Waals surface area contributed by atoms with E-state index in [2.05, 4.69) is 29.4 Å². The fourth-order valence-corrected chi connectivity index (χ4v) is 1.16. The van der Waals surface area contributed by atoms with Crippen molar-refractivity contribution in [1.82, 2.24) is 10.3 Å². The molecule has 1 heterocycles. The van der Waals surface area contributed by atoms with Gasteiger partial charge in [-0.2, -0.15) is 0 Å². The van der Waals surface area contributed by atoms with E-state index in [0.29, 0.717) is 6.04 Å². The van der Waals surface area contributed by atoms with Crippen LogP contribution in [0.3, 0.4) is 0 Å². The quantitative estimate of drug-likeness (QED) is 0.801. The van der Waals surface area contributed by atoms with Gasteiger partial charge in [0.05, 0.1) is 13.3 Å². The number of ether oxygens (including phenoxy) is 1. The second-order valence-electron chi connectivity index (χ2n) is 3.49. The van der Waals surface area contributed by atoms with Crippen molar-refractivity contribution in [3.05, 3.63) is 30.1 Å². The van der Waals surface area contributed by atoms with Crippen molar-refractivity contribution in [1.29, 1.82) is 0 Å². The van der Waals surface area contributed by atoms with Gasteiger partial charge in [-0.1, -0.05) is 12.2 Å². The predicted octanol–water partition coefficient (Wildman–Crippen LogP) is 2.10. The summed E-state index contributed by atoms with van der Waals surface area (Å²) in [5, 5.41) is 3.18. The van der Waals surface area contributed by atoms with Gasteiger partial charge in [-0.15, -0.1) is 0 Å². The molecule has 0 fully saturated rings. The molecular formula is C12H18N2O. The summed E-state index contributed by atoms with van der Waals surface area (Å²) < 4.78 is 5.09. The third-order valence-electron chi connectivity index (χ3n) is 2.26. The monoisotopic (exact) mass is 206 g/mol. The highest BCUT2D eigenvalue weighted by Crippen LogP contribution is 2.11. The molecule has 1 aromatic heterocycles. The molecule has 0 aliphatic heterocycles. The first-order chi connectivity index (χ1) is 7.26. The first-order valence-electron chi connectivity index (χ1n) is 5.09. The molecule has 0 bridgehead atoms. The molecular weight excluding hydrogens is 188 g/mol. The van der Waals surface area contributed by atoms with Crippen LogP contribution in [0.15, 0.2) is 24.5 Å². The van der Waals surface area contributed by atoms with E-state index in [-0.39, 0.29) is 0 Å². The second-order valence-corrected chi connectivity index (χ2v) is 3.49. The Balaban J connectivity index is 2.56. The van der Waals surface area contributed by atoms with E-state index in [4.69, 9.17) is 4.74 Å². The van der Waals surface area contributed by atoms with Crippen molar-refractivity contribution in [3.8, 4) is 5.75 Å². The second kappa shape index (κ2) is 6.19. The first kappa shape index (κ1) is 11.7. The number of nitrogens with one attached hydrogen (secondary N) is 1. The average molecular weight is 206 g/mol. The van der Waals surface area contributed by atoms with Crippen molar-refractivity contribution in [2.45, 2.75) is 19.4 Å². The summed E-state index contributed by atoms with van der Waals surface area (Å²) in [5.41, 5.74) is 1.07. The maximum Gasteiger partial charge on any atom is 0.137 e. The van der Waals surface area contributed by atoms with Gasteiger partial charge in [0.2, 0.25) is 0 Å². The number of hydrogen-bond donors (Lipinski definition) is 1. The molecule has 3 heteroatoms. The Morgan fingerprint density at radius 2 is 2.33 bits per heavy atom. The average Bonchev–Trinajstić information content (AvgIpc) is 2.29. The fourth-order valence-electron chi connectivity index (χ4n) is 1.16. The highest BCUT2D eigenvalue weighted by Gasteiger charge is 1.94. The molecule has 1 atom stereocenters. The Hall–Kier alpha value is -1.35. The summed E-state index contributed by atoms with van der Waals surface area (Å²) in [6, 6.07) is 2.47. The molecule has 0 aromatic carbocycles. The highest BCUT2D eigenvalue weighted by molar-refractivity contribution is 5.49. The molecule has 0 spiro atoms. The third kappa shape index (κ3) is 4.13. The van der Waals surface area contributed by atoms with Crippen LogP contribution in [-0.4, -0.2) is 25.2 Å². The minimum absolute atomic E-state index is 0.500. The maximum atomic E-state index is 5.09. The normalized spacial score (nSPS) is 13.0. The Kier molecular flexibility index (Phi) is 4.84. The number of nitrogens with zero attached hydrogens (tertiary/aromatic N) is 1. The molecule has 0 aliphatic carbocycles. The van der Waals surface area contributed by atoms with Crippen molar-refractivity contribution in [2.75, 3.05) is 14.2 Å². The lowest BCUT2D eigenvalue weighted by Gasteiger charge is -2.05. The van der Waals surface area contributed by atoms with Crippen LogP contribution in [0, 0.1) is 0 Å². The summed E-state index contributed by atoms with van der Waals surface area (Å²) >= 11 is 0. The summed E-state index contributed by atoms with van der Waals surface area (Å²) in [5.74, 6) is 0.791. The van der Waals surface area contributed by atoms with Gasteiger partial charge >= 0.3 is 0 Å². The number of aromatic nitrogens is 1. The molecule has 1 rings (SSSR count). The number of pyridine rings is 1. The van der Waals surface area contributed by atoms with Crippen LogP contribution in [0.25, 0.3) is 6.08 Å². The van der Waals surface area contributed by atoms with Crippen LogP contribution in [0.1, 0.15) is 18.9 Å². The van der Waals surface area contributed by atoms with Gasteiger partial charge in [0.15, 0.2) is 0 Å². The molecule has 0 aliphatic rings. The molecule has 0 saturated heterocycles. The van der Waals surface area contributed by atoms with Crippen molar-refractivity contribution in [2.24, 2.45) is 0 Å². The van der Waals surface area contributed by atoms with Crippen LogP contribution in [0.2, 0.25) is 0 Å². The summed E-state index contributed by atoms with van der Waals surface area (Å²) in [6.45, 7) is 2.15. The minimum atomic E-state index is 0.500. The summed E-state index contributed by atoms with van der Waals surface area (Å²) in [4.78, 5) is 4.08. The molecule has 1 unspecified atom stereocenters. The van der Waals surface area contributed by atoms with Crippen LogP contribution >= 0.6 is 0 Å². The van der Waals surface area contributed by atoms with E-state index >= 15 is 0 Å². The molecule has 15 heavy (non-hydrogen) atoms. The lowest BCUT2D eigenvalue weighted by Crippen LogP contribution is -2.19. The Morgan fingerprint density at radius 1 is 1.53 bits per heavy atom. The van der Waals surface area contributed by atoms with Gasteiger partial charge in [-0.3, -0.25) is 4.98 Å². The Labute approximate surface area is 91.2 Å². The zero-order chi connectivity index (χ0) is 11.1. The smallest absolute Gasteiger partial charge is 0.137 e. The standard InChI is InChI=1S/C12H18N2O/c1-10(13-2)5-4-6-11-7-12(15-3)9-14-8-11/h4,6-10,13H,5H2,1-3H3/b6-4+. The Bertz CT molecular complexity index is 323. The third-order valence-corrected chi connectivity index (χ3v) is 2.26. The van der Waals surface area contributed by atoms with Crippen molar-refractivity contribution in [3.63, 3.8) is 0 Å². The van der Waals surface area contributed by atoms with E-state index in [9.17, 15) is 0 Å². The SMILES string of the molecule is CNC(C)C/C=C/c1cncc(OC)c1. The van der Waals surface area contributed by atoms with E-state index in [0.717, 1.165) is 17.7 Å². The predicted molar refractivity (Wildman–Crippen MR) is 63.0 cm³/mol. The van der Waals surface area contributed by atoms with E-state index in [1.54, 1.807) is 13.3 Å². The van der Waals surface area contributed by atoms with Gasteiger partial charge in [0.1, 0.15) is 5.75 Å². The highest BCUT2D eigenvalue weighted by atomic mass is 16.5. The van der Waals surface area contributed by atoms with E-state index in [1.165, 1.54) is 0 Å². The molecule has 1 N–H and O–H groups in total. The fraction of sp³-hybridized carbons (Fsp3) is 0.417. The molecule has 0 radical (unpaired) electrons. The zero-order valence-corrected chi connectivity index (χ0v) is 9.53. The van der Waals surface area contributed by atoms with Crippen molar-refractivity contribution < 1.29 is 4.74 Å². The number of hydrogen-bond acceptors (Lipinski definition) is 3. The van der Waals surface area contributed by atoms with Gasteiger partial charge in [-0.05, 0) is 32.0 Å². The van der Waals surface area contributed by atoms with Crippen molar-refractivity contribution >= 4 is 6.08 Å². The molecule has 0 saturated carbocycles. The molecule has 82 valence electrons. The lowest BCUT2D eigenvalue weighted by atomic mass is 10.2. The van der Waals surface area contributed by atoms with Gasteiger partial charge in [-0.25, -0.2) is 0 Å². The van der Waals surface area contributed by atoms with Crippen LogP contribution in [-0.2, 0) is 0 Å². The topological polar surface area (TPSA) is 34.2 Å².